The Morgan fingerprint density at radius 1 is 0.923 bits per heavy atom. The van der Waals surface area contributed by atoms with Crippen molar-refractivity contribution >= 4 is 55.0 Å². The number of carbonyl (C=O) groups is 3. The monoisotopic (exact) mass is 655 g/mol. The number of benzene rings is 2. The van der Waals surface area contributed by atoms with E-state index in [0.717, 1.165) is 4.47 Å². The number of Topliss-reactive ketones (excluding diaryl/α,β-unsaturated/α-hetero) is 2. The van der Waals surface area contributed by atoms with Crippen molar-refractivity contribution in [3.05, 3.63) is 79.6 Å². The van der Waals surface area contributed by atoms with Gasteiger partial charge in [0.15, 0.2) is 18.2 Å². The van der Waals surface area contributed by atoms with Crippen LogP contribution in [0.2, 0.25) is 0 Å². The van der Waals surface area contributed by atoms with Gasteiger partial charge in [0.1, 0.15) is 17.3 Å². The van der Waals surface area contributed by atoms with E-state index in [-0.39, 0.29) is 34.9 Å². The lowest BCUT2D eigenvalue weighted by Gasteiger charge is -2.43. The topological polar surface area (TPSA) is 81.7 Å². The zero-order valence-corrected chi connectivity index (χ0v) is 25.6. The highest BCUT2D eigenvalue weighted by molar-refractivity contribution is 9.11. The number of ether oxygens (including phenoxy) is 2. The van der Waals surface area contributed by atoms with E-state index in [4.69, 9.17) is 9.47 Å². The molecule has 0 saturated carbocycles. The number of anilines is 1. The van der Waals surface area contributed by atoms with E-state index in [2.05, 4.69) is 64.9 Å². The number of nitrogens with one attached hydrogen (secondary N) is 1. The molecule has 1 N–H and O–H groups in total. The number of rotatable bonds is 5. The van der Waals surface area contributed by atoms with Crippen molar-refractivity contribution in [2.75, 3.05) is 11.9 Å². The highest BCUT2D eigenvalue weighted by Crippen LogP contribution is 2.55. The lowest BCUT2D eigenvalue weighted by atomic mass is 9.65. The zero-order chi connectivity index (χ0) is 28.1. The molecule has 1 amide bonds. The van der Waals surface area contributed by atoms with Gasteiger partial charge in [-0.15, -0.1) is 0 Å². The number of allylic oxidation sites excluding steroid dienone is 4. The third-order valence-electron chi connectivity index (χ3n) is 7.34. The van der Waals surface area contributed by atoms with Crippen molar-refractivity contribution in [1.82, 2.24) is 0 Å². The first kappa shape index (κ1) is 27.8. The molecule has 2 aliphatic carbocycles. The second-order valence-electron chi connectivity index (χ2n) is 12.1. The van der Waals surface area contributed by atoms with E-state index >= 15 is 0 Å². The third kappa shape index (κ3) is 5.78. The Hall–Kier alpha value is -2.71. The fraction of sp³-hybridized carbons (Fsp3) is 0.387. The Morgan fingerprint density at radius 3 is 2.05 bits per heavy atom. The molecule has 204 valence electrons. The fourth-order valence-electron chi connectivity index (χ4n) is 5.79. The molecule has 0 aromatic heterocycles. The molecule has 0 atom stereocenters. The quantitative estimate of drug-likeness (QED) is 0.358. The summed E-state index contributed by atoms with van der Waals surface area (Å²) in [5.74, 6) is 0.668. The summed E-state index contributed by atoms with van der Waals surface area (Å²) in [5, 5.41) is 2.83. The molecular formula is C31H31Br2NO5. The normalized spacial score (nSPS) is 20.3. The summed E-state index contributed by atoms with van der Waals surface area (Å²) in [6.07, 6.45) is 1.92. The maximum atomic E-state index is 13.7. The molecule has 1 heterocycles. The van der Waals surface area contributed by atoms with E-state index < -0.39 is 5.92 Å². The second kappa shape index (κ2) is 10.4. The van der Waals surface area contributed by atoms with E-state index in [0.29, 0.717) is 69.8 Å². The molecule has 5 rings (SSSR count). The molecule has 0 radical (unpaired) electrons. The molecule has 0 saturated heterocycles. The molecule has 2 aromatic carbocycles. The van der Waals surface area contributed by atoms with E-state index in [9.17, 15) is 14.4 Å². The van der Waals surface area contributed by atoms with Crippen LogP contribution in [0.1, 0.15) is 64.9 Å². The van der Waals surface area contributed by atoms with Gasteiger partial charge in [-0.1, -0.05) is 61.8 Å². The van der Waals surface area contributed by atoms with Crippen molar-refractivity contribution in [1.29, 1.82) is 0 Å². The van der Waals surface area contributed by atoms with Crippen LogP contribution in [0.25, 0.3) is 0 Å². The molecule has 0 fully saturated rings. The molecule has 0 bridgehead atoms. The average Bonchev–Trinajstić information content (AvgIpc) is 2.80. The average molecular weight is 657 g/mol. The van der Waals surface area contributed by atoms with Crippen molar-refractivity contribution < 1.29 is 23.9 Å². The minimum Gasteiger partial charge on any atom is -0.482 e. The zero-order valence-electron chi connectivity index (χ0n) is 22.5. The molecular weight excluding hydrogens is 626 g/mol. The summed E-state index contributed by atoms with van der Waals surface area (Å²) >= 11 is 7.19. The van der Waals surface area contributed by atoms with Gasteiger partial charge in [0.05, 0.1) is 10.4 Å². The number of hydrogen-bond acceptors (Lipinski definition) is 5. The smallest absolute Gasteiger partial charge is 0.262 e. The summed E-state index contributed by atoms with van der Waals surface area (Å²) in [6.45, 7) is 7.99. The van der Waals surface area contributed by atoms with Crippen LogP contribution in [0.15, 0.2) is 74.1 Å². The van der Waals surface area contributed by atoms with Crippen LogP contribution in [0, 0.1) is 10.8 Å². The minimum absolute atomic E-state index is 0.0284. The summed E-state index contributed by atoms with van der Waals surface area (Å²) in [7, 11) is 0. The molecule has 1 aliphatic heterocycles. The first-order valence-electron chi connectivity index (χ1n) is 13.0. The van der Waals surface area contributed by atoms with Crippen LogP contribution in [0.3, 0.4) is 0 Å². The summed E-state index contributed by atoms with van der Waals surface area (Å²) in [4.78, 5) is 40.1. The van der Waals surface area contributed by atoms with Gasteiger partial charge in [-0.3, -0.25) is 14.4 Å². The predicted molar refractivity (Wildman–Crippen MR) is 156 cm³/mol. The standard InChI is InChI=1S/C31H31Br2NO5/c1-30(2)12-21(35)27-23(14-30)39-24-15-31(3,4)13-22(36)28(24)26(27)19-10-17(32)11-20(33)29(19)38-16-25(37)34-18-8-6-5-7-9-18/h5-11,26H,12-16H2,1-4H3,(H,34,37). The van der Waals surface area contributed by atoms with Gasteiger partial charge in [0.2, 0.25) is 0 Å². The molecule has 39 heavy (non-hydrogen) atoms. The number of hydrogen-bond donors (Lipinski definition) is 1. The Kier molecular flexibility index (Phi) is 7.40. The number of ketones is 2. The fourth-order valence-corrected chi connectivity index (χ4v) is 7.16. The van der Waals surface area contributed by atoms with Crippen molar-refractivity contribution in [3.8, 4) is 5.75 Å². The van der Waals surface area contributed by atoms with E-state index in [1.165, 1.54) is 0 Å². The van der Waals surface area contributed by atoms with Crippen LogP contribution < -0.4 is 10.1 Å². The van der Waals surface area contributed by atoms with Crippen molar-refractivity contribution in [2.24, 2.45) is 10.8 Å². The highest BCUT2D eigenvalue weighted by atomic mass is 79.9. The van der Waals surface area contributed by atoms with Crippen LogP contribution in [0.4, 0.5) is 5.69 Å². The van der Waals surface area contributed by atoms with Gasteiger partial charge in [0.25, 0.3) is 5.91 Å². The Morgan fingerprint density at radius 2 is 1.49 bits per heavy atom. The first-order chi connectivity index (χ1) is 18.3. The minimum atomic E-state index is -0.642. The van der Waals surface area contributed by atoms with E-state index in [1.54, 1.807) is 12.1 Å². The lowest BCUT2D eigenvalue weighted by Crippen LogP contribution is -2.37. The molecule has 6 nitrogen and oxygen atoms in total. The number of para-hydroxylation sites is 1. The third-order valence-corrected chi connectivity index (χ3v) is 8.38. The molecule has 0 spiro atoms. The Labute approximate surface area is 245 Å². The van der Waals surface area contributed by atoms with Gasteiger partial charge in [-0.05, 0) is 51.0 Å². The SMILES string of the molecule is CC1(C)CC(=O)C2=C(C1)OC1=C(C(=O)CC(C)(C)C1)C2c1cc(Br)cc(Br)c1OCC(=O)Nc1ccccc1. The van der Waals surface area contributed by atoms with Crippen LogP contribution >= 0.6 is 31.9 Å². The van der Waals surface area contributed by atoms with Gasteiger partial charge in [-0.2, -0.15) is 0 Å². The maximum Gasteiger partial charge on any atom is 0.262 e. The maximum absolute atomic E-state index is 13.7. The summed E-state index contributed by atoms with van der Waals surface area (Å²) in [5.41, 5.74) is 1.85. The van der Waals surface area contributed by atoms with Crippen molar-refractivity contribution in [2.45, 2.75) is 59.3 Å². The van der Waals surface area contributed by atoms with Gasteiger partial charge < -0.3 is 14.8 Å². The van der Waals surface area contributed by atoms with Gasteiger partial charge in [-0.25, -0.2) is 0 Å². The van der Waals surface area contributed by atoms with Crippen LogP contribution in [-0.4, -0.2) is 24.1 Å². The first-order valence-corrected chi connectivity index (χ1v) is 14.6. The molecule has 0 unspecified atom stereocenters. The Balaban J connectivity index is 1.59. The molecule has 8 heteroatoms. The predicted octanol–water partition coefficient (Wildman–Crippen LogP) is 7.63. The Bertz CT molecular complexity index is 1390. The van der Waals surface area contributed by atoms with Crippen LogP contribution in [-0.2, 0) is 19.1 Å². The lowest BCUT2D eigenvalue weighted by molar-refractivity contribution is -0.121. The molecule has 3 aliphatic rings. The van der Waals surface area contributed by atoms with E-state index in [1.807, 2.05) is 30.3 Å². The largest absolute Gasteiger partial charge is 0.482 e. The number of halogens is 2. The molecule has 2 aromatic rings. The summed E-state index contributed by atoms with van der Waals surface area (Å²) < 4.78 is 13.9. The van der Waals surface area contributed by atoms with Crippen molar-refractivity contribution in [3.63, 3.8) is 0 Å². The number of carbonyl (C=O) groups excluding carboxylic acids is 3. The van der Waals surface area contributed by atoms with Gasteiger partial charge in [0, 0.05) is 52.6 Å². The van der Waals surface area contributed by atoms with Crippen LogP contribution in [0.5, 0.6) is 5.75 Å². The summed E-state index contributed by atoms with van der Waals surface area (Å²) in [6, 6.07) is 12.9. The van der Waals surface area contributed by atoms with Gasteiger partial charge >= 0.3 is 0 Å². The number of amides is 1. The highest BCUT2D eigenvalue weighted by Gasteiger charge is 2.48. The second-order valence-corrected chi connectivity index (χ2v) is 13.9.